The Kier molecular flexibility index (Phi) is 4.73. The van der Waals surface area contributed by atoms with Gasteiger partial charge in [-0.1, -0.05) is 12.2 Å². The Bertz CT molecular complexity index is 919. The summed E-state index contributed by atoms with van der Waals surface area (Å²) in [7, 11) is 0. The molecule has 0 radical (unpaired) electrons. The number of hydrogen-bond donors (Lipinski definition) is 2. The van der Waals surface area contributed by atoms with E-state index in [0.29, 0.717) is 12.5 Å². The Hall–Kier alpha value is -1.54. The van der Waals surface area contributed by atoms with Gasteiger partial charge in [-0.2, -0.15) is 4.98 Å². The summed E-state index contributed by atoms with van der Waals surface area (Å²) in [6, 6.07) is 0.145. The highest BCUT2D eigenvalue weighted by atomic mass is 35.5. The van der Waals surface area contributed by atoms with E-state index in [1.165, 1.54) is 4.88 Å². The summed E-state index contributed by atoms with van der Waals surface area (Å²) in [5, 5.41) is 6.60. The van der Waals surface area contributed by atoms with Gasteiger partial charge in [0.05, 0.1) is 16.8 Å². The molecule has 25 heavy (non-hydrogen) atoms. The van der Waals surface area contributed by atoms with Gasteiger partial charge in [0.25, 0.3) is 0 Å². The van der Waals surface area contributed by atoms with Crippen molar-refractivity contribution in [3.63, 3.8) is 0 Å². The van der Waals surface area contributed by atoms with Crippen molar-refractivity contribution >= 4 is 50.3 Å². The Morgan fingerprint density at radius 3 is 2.92 bits per heavy atom. The summed E-state index contributed by atoms with van der Waals surface area (Å²) in [6.07, 6.45) is 8.08. The summed E-state index contributed by atoms with van der Waals surface area (Å²) >= 11 is 9.52. The lowest BCUT2D eigenvalue weighted by atomic mass is 9.87. The van der Waals surface area contributed by atoms with Crippen LogP contribution in [-0.4, -0.2) is 21.0 Å². The van der Waals surface area contributed by atoms with E-state index in [0.717, 1.165) is 39.4 Å². The number of fused-ring (bicyclic) bond motifs is 1. The molecule has 0 aliphatic heterocycles. The molecular formula is C17H18ClN5S2. The first kappa shape index (κ1) is 16.9. The van der Waals surface area contributed by atoms with Crippen LogP contribution in [0.5, 0.6) is 0 Å². The van der Waals surface area contributed by atoms with Gasteiger partial charge in [0.15, 0.2) is 0 Å². The fourth-order valence-electron chi connectivity index (χ4n) is 3.19. The fraction of sp³-hybridized carbons (Fsp3) is 0.353. The number of halogens is 1. The molecule has 3 aromatic rings. The predicted molar refractivity (Wildman–Crippen MR) is 106 cm³/mol. The zero-order valence-electron chi connectivity index (χ0n) is 13.7. The van der Waals surface area contributed by atoms with Gasteiger partial charge >= 0.3 is 0 Å². The highest BCUT2D eigenvalue weighted by Gasteiger charge is 2.26. The second-order valence-electron chi connectivity index (χ2n) is 6.10. The summed E-state index contributed by atoms with van der Waals surface area (Å²) < 4.78 is 1.04. The van der Waals surface area contributed by atoms with Gasteiger partial charge in [0.1, 0.15) is 10.8 Å². The van der Waals surface area contributed by atoms with E-state index in [2.05, 4.69) is 39.3 Å². The number of nitrogens with one attached hydrogen (secondary N) is 1. The minimum Gasteiger partial charge on any atom is -0.362 e. The molecule has 0 fully saturated rings. The van der Waals surface area contributed by atoms with Gasteiger partial charge in [0, 0.05) is 28.4 Å². The van der Waals surface area contributed by atoms with E-state index in [4.69, 9.17) is 17.3 Å². The van der Waals surface area contributed by atoms with Gasteiger partial charge in [-0.05, 0) is 36.9 Å². The van der Waals surface area contributed by atoms with Crippen molar-refractivity contribution in [1.29, 1.82) is 0 Å². The third-order valence-corrected chi connectivity index (χ3v) is 6.85. The molecule has 2 atom stereocenters. The number of thiazole rings is 1. The van der Waals surface area contributed by atoms with E-state index >= 15 is 0 Å². The highest BCUT2D eigenvalue weighted by Crippen LogP contribution is 2.42. The number of hydrogen-bond acceptors (Lipinski definition) is 7. The largest absolute Gasteiger partial charge is 0.362 e. The van der Waals surface area contributed by atoms with Crippen LogP contribution in [0.4, 0.5) is 5.82 Å². The number of nitrogens with two attached hydrogens (primary N) is 1. The van der Waals surface area contributed by atoms with Crippen LogP contribution in [0.2, 0.25) is 5.28 Å². The third-order valence-electron chi connectivity index (χ3n) is 4.48. The molecule has 130 valence electrons. The molecule has 3 heterocycles. The molecule has 8 heteroatoms. The lowest BCUT2D eigenvalue weighted by Gasteiger charge is -2.24. The quantitative estimate of drug-likeness (QED) is 0.506. The molecule has 3 aromatic heterocycles. The Morgan fingerprint density at radius 2 is 2.16 bits per heavy atom. The molecular weight excluding hydrogens is 374 g/mol. The first-order valence-corrected chi connectivity index (χ1v) is 10.2. The fourth-order valence-corrected chi connectivity index (χ4v) is 5.31. The first-order chi connectivity index (χ1) is 12.1. The van der Waals surface area contributed by atoms with Gasteiger partial charge in [-0.15, -0.1) is 22.7 Å². The highest BCUT2D eigenvalue weighted by molar-refractivity contribution is 7.20. The van der Waals surface area contributed by atoms with Crippen molar-refractivity contribution < 1.29 is 0 Å². The number of rotatable bonds is 4. The number of allylic oxidation sites excluding steroid dienone is 1. The van der Waals surface area contributed by atoms with Gasteiger partial charge < -0.3 is 11.1 Å². The molecule has 0 bridgehead atoms. The maximum absolute atomic E-state index is 6.36. The average Bonchev–Trinajstić information content (AvgIpc) is 3.22. The number of aryl methyl sites for hydroxylation is 1. The molecule has 0 amide bonds. The first-order valence-electron chi connectivity index (χ1n) is 8.13. The van der Waals surface area contributed by atoms with E-state index in [1.54, 1.807) is 28.9 Å². The minimum atomic E-state index is 0.145. The van der Waals surface area contributed by atoms with Crippen LogP contribution in [-0.2, 0) is 6.54 Å². The van der Waals surface area contributed by atoms with Crippen molar-refractivity contribution in [2.45, 2.75) is 38.3 Å². The van der Waals surface area contributed by atoms with Crippen LogP contribution in [0.3, 0.4) is 0 Å². The molecule has 0 saturated carbocycles. The van der Waals surface area contributed by atoms with Crippen molar-refractivity contribution in [2.75, 3.05) is 5.32 Å². The molecule has 0 saturated heterocycles. The van der Waals surface area contributed by atoms with E-state index < -0.39 is 0 Å². The number of anilines is 1. The average molecular weight is 392 g/mol. The summed E-state index contributed by atoms with van der Waals surface area (Å²) in [5.41, 5.74) is 8.45. The van der Waals surface area contributed by atoms with Crippen molar-refractivity contribution in [3.05, 3.63) is 44.5 Å². The molecule has 4 rings (SSSR count). The number of nitrogens with zero attached hydrogens (tertiary/aromatic N) is 3. The van der Waals surface area contributed by atoms with Gasteiger partial charge in [-0.25, -0.2) is 9.97 Å². The predicted octanol–water partition coefficient (Wildman–Crippen LogP) is 4.48. The summed E-state index contributed by atoms with van der Waals surface area (Å²) in [5.74, 6) is 1.10. The minimum absolute atomic E-state index is 0.145. The number of aromatic nitrogens is 3. The molecule has 3 N–H and O–H groups in total. The lowest BCUT2D eigenvalue weighted by Crippen LogP contribution is -2.29. The van der Waals surface area contributed by atoms with Crippen LogP contribution in [0.15, 0.2) is 23.7 Å². The molecule has 0 unspecified atom stereocenters. The Morgan fingerprint density at radius 1 is 1.32 bits per heavy atom. The second kappa shape index (κ2) is 6.99. The van der Waals surface area contributed by atoms with Gasteiger partial charge in [0.2, 0.25) is 5.28 Å². The normalized spacial score (nSPS) is 20.3. The standard InChI is InChI=1S/C17H18ClN5S2/c1-9-13-15(25-14(9)10-4-2-3-5-11(10)19)16(23-17(18)22-13)21-8-12-20-6-7-24-12/h2-3,6-7,10-11H,4-5,8,19H2,1H3,(H,21,22,23)/t10-,11-/m0/s1. The van der Waals surface area contributed by atoms with Crippen LogP contribution >= 0.6 is 34.3 Å². The molecule has 1 aliphatic carbocycles. The maximum Gasteiger partial charge on any atom is 0.224 e. The maximum atomic E-state index is 6.36. The van der Waals surface area contributed by atoms with E-state index in [1.807, 2.05) is 5.38 Å². The Labute approximate surface area is 159 Å². The van der Waals surface area contributed by atoms with Crippen LogP contribution in [0, 0.1) is 6.92 Å². The van der Waals surface area contributed by atoms with Crippen LogP contribution < -0.4 is 11.1 Å². The Balaban J connectivity index is 1.73. The zero-order chi connectivity index (χ0) is 17.4. The van der Waals surface area contributed by atoms with Crippen molar-refractivity contribution in [2.24, 2.45) is 5.73 Å². The van der Waals surface area contributed by atoms with Crippen molar-refractivity contribution in [1.82, 2.24) is 15.0 Å². The lowest BCUT2D eigenvalue weighted by molar-refractivity contribution is 0.526. The van der Waals surface area contributed by atoms with E-state index in [9.17, 15) is 0 Å². The molecule has 0 spiro atoms. The summed E-state index contributed by atoms with van der Waals surface area (Å²) in [6.45, 7) is 2.73. The molecule has 0 aromatic carbocycles. The monoisotopic (exact) mass is 391 g/mol. The third kappa shape index (κ3) is 3.29. The second-order valence-corrected chi connectivity index (χ2v) is 8.47. The van der Waals surface area contributed by atoms with Gasteiger partial charge in [-0.3, -0.25) is 0 Å². The zero-order valence-corrected chi connectivity index (χ0v) is 16.1. The SMILES string of the molecule is Cc1c([C@H]2CC=CC[C@@H]2N)sc2c(NCc3nccs3)nc(Cl)nc12. The topological polar surface area (TPSA) is 76.7 Å². The van der Waals surface area contributed by atoms with Crippen LogP contribution in [0.25, 0.3) is 10.2 Å². The smallest absolute Gasteiger partial charge is 0.224 e. The molecule has 1 aliphatic rings. The molecule has 5 nitrogen and oxygen atoms in total. The van der Waals surface area contributed by atoms with E-state index in [-0.39, 0.29) is 11.3 Å². The number of thiophene rings is 1. The van der Waals surface area contributed by atoms with Crippen molar-refractivity contribution in [3.8, 4) is 0 Å². The van der Waals surface area contributed by atoms with Crippen LogP contribution in [0.1, 0.15) is 34.2 Å². The summed E-state index contributed by atoms with van der Waals surface area (Å²) in [4.78, 5) is 14.5.